The van der Waals surface area contributed by atoms with E-state index in [1.54, 1.807) is 30.3 Å². The van der Waals surface area contributed by atoms with Gasteiger partial charge in [0, 0.05) is 36.8 Å². The summed E-state index contributed by atoms with van der Waals surface area (Å²) in [6.07, 6.45) is 0.313. The fourth-order valence-electron chi connectivity index (χ4n) is 4.44. The first-order valence-corrected chi connectivity index (χ1v) is 10.8. The third kappa shape index (κ3) is 3.68. The Morgan fingerprint density at radius 1 is 1.16 bits per heavy atom. The van der Waals surface area contributed by atoms with E-state index in [1.165, 1.54) is 12.1 Å². The van der Waals surface area contributed by atoms with Crippen LogP contribution in [0.2, 0.25) is 0 Å². The van der Waals surface area contributed by atoms with Gasteiger partial charge in [-0.25, -0.2) is 9.37 Å². The maximum absolute atomic E-state index is 13.4. The number of rotatable bonds is 4. The quantitative estimate of drug-likeness (QED) is 0.650. The summed E-state index contributed by atoms with van der Waals surface area (Å²) in [5.74, 6) is -0.117. The van der Waals surface area contributed by atoms with Gasteiger partial charge in [-0.2, -0.15) is 0 Å². The Morgan fingerprint density at radius 3 is 2.53 bits per heavy atom. The molecule has 32 heavy (non-hydrogen) atoms. The monoisotopic (exact) mass is 439 g/mol. The van der Waals surface area contributed by atoms with E-state index in [-0.39, 0.29) is 11.7 Å². The third-order valence-corrected chi connectivity index (χ3v) is 6.49. The van der Waals surface area contributed by atoms with Gasteiger partial charge in [0.2, 0.25) is 5.89 Å². The van der Waals surface area contributed by atoms with E-state index < -0.39 is 17.4 Å². The van der Waals surface area contributed by atoms with E-state index in [4.69, 9.17) is 4.42 Å². The molecule has 0 radical (unpaired) electrons. The molecule has 1 saturated carbocycles. The van der Waals surface area contributed by atoms with Gasteiger partial charge < -0.3 is 19.5 Å². The highest BCUT2D eigenvalue weighted by molar-refractivity contribution is 5.95. The molecule has 168 valence electrons. The smallest absolute Gasteiger partial charge is 0.254 e. The highest BCUT2D eigenvalue weighted by atomic mass is 19.1. The topological polar surface area (TPSA) is 90.0 Å². The number of carbonyl (C=O) groups is 1. The first-order valence-electron chi connectivity index (χ1n) is 10.8. The molecule has 1 amide bonds. The SMILES string of the molecule is CC1(C)CN(C(O)C2(O)CC2)CCN1C(=O)c1ccc(-c2nc3ccc(F)cc3o2)cc1. The van der Waals surface area contributed by atoms with Crippen molar-refractivity contribution in [1.82, 2.24) is 14.8 Å². The largest absolute Gasteiger partial charge is 0.436 e. The van der Waals surface area contributed by atoms with Crippen LogP contribution in [0.5, 0.6) is 0 Å². The lowest BCUT2D eigenvalue weighted by Gasteiger charge is -2.49. The number of aromatic nitrogens is 1. The lowest BCUT2D eigenvalue weighted by atomic mass is 9.96. The second-order valence-corrected chi connectivity index (χ2v) is 9.43. The van der Waals surface area contributed by atoms with E-state index in [0.717, 1.165) is 0 Å². The van der Waals surface area contributed by atoms with Crippen molar-refractivity contribution in [2.45, 2.75) is 44.1 Å². The van der Waals surface area contributed by atoms with Crippen molar-refractivity contribution >= 4 is 17.0 Å². The van der Waals surface area contributed by atoms with Crippen LogP contribution in [0.4, 0.5) is 4.39 Å². The molecule has 2 N–H and O–H groups in total. The number of benzene rings is 2. The number of piperazine rings is 1. The molecule has 2 fully saturated rings. The molecular formula is C24H26FN3O4. The van der Waals surface area contributed by atoms with E-state index in [9.17, 15) is 19.4 Å². The van der Waals surface area contributed by atoms with Gasteiger partial charge in [0.05, 0.1) is 5.54 Å². The summed E-state index contributed by atoms with van der Waals surface area (Å²) in [6, 6.07) is 11.2. The number of carbonyl (C=O) groups excluding carboxylic acids is 1. The van der Waals surface area contributed by atoms with Crippen LogP contribution < -0.4 is 0 Å². The molecular weight excluding hydrogens is 413 g/mol. The molecule has 0 bridgehead atoms. The van der Waals surface area contributed by atoms with Crippen LogP contribution in [-0.2, 0) is 0 Å². The van der Waals surface area contributed by atoms with Crippen molar-refractivity contribution in [3.63, 3.8) is 0 Å². The first-order chi connectivity index (χ1) is 15.2. The molecule has 1 aliphatic heterocycles. The summed E-state index contributed by atoms with van der Waals surface area (Å²) in [7, 11) is 0. The second kappa shape index (κ2) is 7.37. The average molecular weight is 439 g/mol. The van der Waals surface area contributed by atoms with E-state index in [0.29, 0.717) is 60.6 Å². The van der Waals surface area contributed by atoms with Crippen molar-refractivity contribution in [3.05, 3.63) is 53.8 Å². The van der Waals surface area contributed by atoms with Crippen molar-refractivity contribution in [2.24, 2.45) is 0 Å². The van der Waals surface area contributed by atoms with Crippen molar-refractivity contribution in [2.75, 3.05) is 19.6 Å². The summed E-state index contributed by atoms with van der Waals surface area (Å²) < 4.78 is 19.1. The molecule has 1 unspecified atom stereocenters. The minimum atomic E-state index is -1.01. The molecule has 1 atom stereocenters. The Bertz CT molecular complexity index is 1170. The molecule has 2 heterocycles. The molecule has 1 saturated heterocycles. The molecule has 8 heteroatoms. The summed E-state index contributed by atoms with van der Waals surface area (Å²) >= 11 is 0. The normalized spacial score (nSPS) is 21.0. The Kier molecular flexibility index (Phi) is 4.85. The Morgan fingerprint density at radius 2 is 1.88 bits per heavy atom. The van der Waals surface area contributed by atoms with Gasteiger partial charge in [0.15, 0.2) is 5.58 Å². The van der Waals surface area contributed by atoms with Crippen molar-refractivity contribution in [3.8, 4) is 11.5 Å². The Labute approximate surface area is 185 Å². The van der Waals surface area contributed by atoms with Crippen LogP contribution in [0.1, 0.15) is 37.0 Å². The predicted molar refractivity (Wildman–Crippen MR) is 116 cm³/mol. The van der Waals surface area contributed by atoms with Gasteiger partial charge >= 0.3 is 0 Å². The van der Waals surface area contributed by atoms with Crippen LogP contribution in [0.3, 0.4) is 0 Å². The van der Waals surface area contributed by atoms with Gasteiger partial charge in [-0.15, -0.1) is 0 Å². The summed E-state index contributed by atoms with van der Waals surface area (Å²) in [6.45, 7) is 5.35. The number of halogens is 1. The lowest BCUT2D eigenvalue weighted by Crippen LogP contribution is -2.64. The summed E-state index contributed by atoms with van der Waals surface area (Å²) in [4.78, 5) is 21.3. The summed E-state index contributed by atoms with van der Waals surface area (Å²) in [5.41, 5.74) is 0.665. The van der Waals surface area contributed by atoms with E-state index in [2.05, 4.69) is 4.98 Å². The maximum Gasteiger partial charge on any atom is 0.254 e. The van der Waals surface area contributed by atoms with Crippen molar-refractivity contribution in [1.29, 1.82) is 0 Å². The van der Waals surface area contributed by atoms with Crippen LogP contribution in [0.25, 0.3) is 22.6 Å². The number of nitrogens with zero attached hydrogens (tertiary/aromatic N) is 3. The fourth-order valence-corrected chi connectivity index (χ4v) is 4.44. The molecule has 5 rings (SSSR count). The number of hydrogen-bond donors (Lipinski definition) is 2. The minimum absolute atomic E-state index is 0.0968. The summed E-state index contributed by atoms with van der Waals surface area (Å²) in [5, 5.41) is 20.7. The van der Waals surface area contributed by atoms with Crippen LogP contribution in [-0.4, -0.2) is 67.9 Å². The molecule has 1 aliphatic carbocycles. The highest BCUT2D eigenvalue weighted by Crippen LogP contribution is 2.41. The van der Waals surface area contributed by atoms with Gasteiger partial charge in [-0.05, 0) is 63.1 Å². The Hall–Kier alpha value is -2.81. The molecule has 2 aliphatic rings. The van der Waals surface area contributed by atoms with E-state index >= 15 is 0 Å². The molecule has 1 aromatic heterocycles. The Balaban J connectivity index is 1.32. The molecule has 0 spiro atoms. The molecule has 7 nitrogen and oxygen atoms in total. The number of fused-ring (bicyclic) bond motifs is 1. The number of aliphatic hydroxyl groups excluding tert-OH is 1. The second-order valence-electron chi connectivity index (χ2n) is 9.43. The maximum atomic E-state index is 13.4. The molecule has 2 aromatic carbocycles. The number of amides is 1. The fraction of sp³-hybridized carbons (Fsp3) is 0.417. The van der Waals surface area contributed by atoms with Gasteiger partial charge in [-0.3, -0.25) is 9.69 Å². The number of hydrogen-bond acceptors (Lipinski definition) is 6. The third-order valence-electron chi connectivity index (χ3n) is 6.49. The van der Waals surface area contributed by atoms with Crippen LogP contribution in [0, 0.1) is 5.82 Å². The van der Waals surface area contributed by atoms with Gasteiger partial charge in [0.1, 0.15) is 23.2 Å². The first kappa shape index (κ1) is 21.1. The zero-order valence-corrected chi connectivity index (χ0v) is 18.1. The van der Waals surface area contributed by atoms with E-state index in [1.807, 2.05) is 23.6 Å². The average Bonchev–Trinajstić information content (AvgIpc) is 3.37. The van der Waals surface area contributed by atoms with Crippen molar-refractivity contribution < 1.29 is 23.8 Å². The van der Waals surface area contributed by atoms with Gasteiger partial charge in [-0.1, -0.05) is 0 Å². The van der Waals surface area contributed by atoms with Crippen LogP contribution in [0.15, 0.2) is 46.9 Å². The highest BCUT2D eigenvalue weighted by Gasteiger charge is 2.52. The lowest BCUT2D eigenvalue weighted by molar-refractivity contribution is -0.125. The predicted octanol–water partition coefficient (Wildman–Crippen LogP) is 3.01. The van der Waals surface area contributed by atoms with Crippen LogP contribution >= 0.6 is 0 Å². The minimum Gasteiger partial charge on any atom is -0.436 e. The zero-order chi connectivity index (χ0) is 22.7. The zero-order valence-electron chi connectivity index (χ0n) is 18.1. The number of oxazole rings is 1. The molecule has 3 aromatic rings. The number of aliphatic hydroxyl groups is 2. The van der Waals surface area contributed by atoms with Gasteiger partial charge in [0.25, 0.3) is 5.91 Å². The standard InChI is InChI=1S/C24H26FN3O4/c1-23(2)14-27(22(30)24(31)9-10-24)11-12-28(23)21(29)16-5-3-15(4-6-16)20-26-18-8-7-17(25)13-19(18)32-20/h3-8,13,22,30-31H,9-12,14H2,1-2H3.